The fraction of sp³-hybridized carbons (Fsp3) is 0.609. The van der Waals surface area contributed by atoms with Gasteiger partial charge < -0.3 is 21.3 Å². The van der Waals surface area contributed by atoms with Gasteiger partial charge in [-0.3, -0.25) is 15.0 Å². The zero-order chi connectivity index (χ0) is 21.3. The lowest BCUT2D eigenvalue weighted by atomic mass is 9.71. The molecule has 3 fully saturated rings. The normalized spacial score (nSPS) is 25.5. The van der Waals surface area contributed by atoms with Crippen molar-refractivity contribution < 1.29 is 9.59 Å². The lowest BCUT2D eigenvalue weighted by molar-refractivity contribution is -0.135. The van der Waals surface area contributed by atoms with Gasteiger partial charge in [-0.05, 0) is 55.7 Å². The number of hydrogen-bond acceptors (Lipinski definition) is 4. The third kappa shape index (κ3) is 5.81. The first-order chi connectivity index (χ1) is 14.6. The number of hydrogen-bond donors (Lipinski definition) is 4. The fourth-order valence-electron chi connectivity index (χ4n) is 5.02. The lowest BCUT2D eigenvalue weighted by Gasteiger charge is -2.42. The molecule has 4 rings (SSSR count). The summed E-state index contributed by atoms with van der Waals surface area (Å²) >= 11 is 0. The smallest absolute Gasteiger partial charge is 0.240 e. The van der Waals surface area contributed by atoms with Crippen LogP contribution in [0.25, 0.3) is 0 Å². The Morgan fingerprint density at radius 2 is 1.97 bits per heavy atom. The number of nitrogens with two attached hydrogens (primary N) is 1. The first kappa shape index (κ1) is 22.3. The molecule has 2 aliphatic heterocycles. The molecule has 1 aliphatic carbocycles. The van der Waals surface area contributed by atoms with Gasteiger partial charge in [-0.2, -0.15) is 0 Å². The van der Waals surface area contributed by atoms with Crippen LogP contribution in [0.15, 0.2) is 24.3 Å². The molecule has 0 spiro atoms. The summed E-state index contributed by atoms with van der Waals surface area (Å²) in [7, 11) is 0. The van der Waals surface area contributed by atoms with E-state index in [4.69, 9.17) is 11.1 Å². The predicted molar refractivity (Wildman–Crippen MR) is 118 cm³/mol. The van der Waals surface area contributed by atoms with Crippen molar-refractivity contribution in [2.24, 2.45) is 17.6 Å². The van der Waals surface area contributed by atoms with Crippen LogP contribution in [0.2, 0.25) is 0 Å². The van der Waals surface area contributed by atoms with Crippen LogP contribution in [0.1, 0.15) is 56.1 Å². The molecule has 0 bridgehead atoms. The fourth-order valence-corrected chi connectivity index (χ4v) is 5.02. The molecule has 1 saturated carbocycles. The van der Waals surface area contributed by atoms with Crippen molar-refractivity contribution in [1.82, 2.24) is 15.5 Å². The highest BCUT2D eigenvalue weighted by Crippen LogP contribution is 2.37. The molecule has 2 amide bonds. The Hall–Kier alpha value is -2.41. The number of amides is 2. The van der Waals surface area contributed by atoms with Crippen molar-refractivity contribution in [1.29, 1.82) is 5.41 Å². The minimum atomic E-state index is 0.0351. The van der Waals surface area contributed by atoms with Crippen molar-refractivity contribution >= 4 is 18.2 Å². The van der Waals surface area contributed by atoms with E-state index in [2.05, 4.69) is 15.5 Å². The van der Waals surface area contributed by atoms with Crippen LogP contribution in [-0.4, -0.2) is 48.7 Å². The van der Waals surface area contributed by atoms with E-state index < -0.39 is 0 Å². The van der Waals surface area contributed by atoms with Crippen molar-refractivity contribution in [3.05, 3.63) is 35.4 Å². The molecule has 2 saturated heterocycles. The van der Waals surface area contributed by atoms with Crippen LogP contribution >= 0.6 is 0 Å². The second-order valence-electron chi connectivity index (χ2n) is 8.57. The van der Waals surface area contributed by atoms with Gasteiger partial charge in [-0.25, -0.2) is 0 Å². The SMILES string of the molecule is N=C(N)c1cccc(CNC=O)c1.O=C(C1NCC[C@@H]2CCCCC12)N1CCCC1. The molecule has 164 valence electrons. The van der Waals surface area contributed by atoms with E-state index in [1.807, 2.05) is 6.07 Å². The quantitative estimate of drug-likeness (QED) is 0.336. The molecule has 2 unspecified atom stereocenters. The van der Waals surface area contributed by atoms with E-state index in [1.165, 1.54) is 44.9 Å². The van der Waals surface area contributed by atoms with E-state index >= 15 is 0 Å². The predicted octanol–water partition coefficient (Wildman–Crippen LogP) is 1.99. The molecule has 30 heavy (non-hydrogen) atoms. The molecule has 3 aliphatic rings. The highest BCUT2D eigenvalue weighted by atomic mass is 16.2. The molecular formula is C23H35N5O2. The number of likely N-dealkylation sites (tertiary alicyclic amines) is 1. The Morgan fingerprint density at radius 1 is 1.20 bits per heavy atom. The number of piperidine rings is 1. The Kier molecular flexibility index (Phi) is 8.25. The van der Waals surface area contributed by atoms with Gasteiger partial charge in [0.15, 0.2) is 0 Å². The van der Waals surface area contributed by atoms with Crippen LogP contribution in [0.3, 0.4) is 0 Å². The highest BCUT2D eigenvalue weighted by Gasteiger charge is 2.40. The number of nitrogens with one attached hydrogen (secondary N) is 3. The molecule has 3 atom stereocenters. The van der Waals surface area contributed by atoms with Gasteiger partial charge in [0.25, 0.3) is 0 Å². The molecule has 0 aromatic heterocycles. The third-order valence-corrected chi connectivity index (χ3v) is 6.59. The van der Waals surface area contributed by atoms with Gasteiger partial charge in [0, 0.05) is 25.2 Å². The van der Waals surface area contributed by atoms with Crippen molar-refractivity contribution in [3.8, 4) is 0 Å². The van der Waals surface area contributed by atoms with Crippen molar-refractivity contribution in [3.63, 3.8) is 0 Å². The molecular weight excluding hydrogens is 378 g/mol. The van der Waals surface area contributed by atoms with E-state index in [-0.39, 0.29) is 11.9 Å². The van der Waals surface area contributed by atoms with Gasteiger partial charge in [-0.1, -0.05) is 37.5 Å². The maximum atomic E-state index is 12.5. The molecule has 1 aromatic rings. The van der Waals surface area contributed by atoms with Gasteiger partial charge in [0.1, 0.15) is 5.84 Å². The van der Waals surface area contributed by atoms with Crippen LogP contribution in [0.4, 0.5) is 0 Å². The zero-order valence-electron chi connectivity index (χ0n) is 17.7. The monoisotopic (exact) mass is 413 g/mol. The standard InChI is InChI=1S/C14H24N2O.C9H11N3O/c17-14(16-9-3-4-10-16)13-12-6-2-1-5-11(12)7-8-15-13;10-9(11)8-3-1-2-7(4-8)5-12-6-13/h11-13,15H,1-10H2;1-4,6H,5H2,(H3,10,11)(H,12,13)/t11-,12?,13?;/m0./s1. The second-order valence-corrected chi connectivity index (χ2v) is 8.57. The van der Waals surface area contributed by atoms with Gasteiger partial charge in [0.05, 0.1) is 6.04 Å². The lowest BCUT2D eigenvalue weighted by Crippen LogP contribution is -2.55. The summed E-state index contributed by atoms with van der Waals surface area (Å²) in [6.45, 7) is 3.50. The maximum absolute atomic E-state index is 12.5. The Labute approximate surface area is 179 Å². The topological polar surface area (TPSA) is 111 Å². The summed E-state index contributed by atoms with van der Waals surface area (Å²) in [5.74, 6) is 1.89. The van der Waals surface area contributed by atoms with Gasteiger partial charge in [-0.15, -0.1) is 0 Å². The molecule has 7 nitrogen and oxygen atoms in total. The second kappa shape index (κ2) is 11.1. The van der Waals surface area contributed by atoms with Gasteiger partial charge >= 0.3 is 0 Å². The van der Waals surface area contributed by atoms with Crippen LogP contribution in [-0.2, 0) is 16.1 Å². The summed E-state index contributed by atoms with van der Waals surface area (Å²) < 4.78 is 0. The number of rotatable bonds is 5. The first-order valence-electron chi connectivity index (χ1n) is 11.2. The summed E-state index contributed by atoms with van der Waals surface area (Å²) in [5, 5.41) is 13.2. The summed E-state index contributed by atoms with van der Waals surface area (Å²) in [5.41, 5.74) is 6.91. The first-order valence-corrected chi connectivity index (χ1v) is 11.2. The number of fused-ring (bicyclic) bond motifs is 1. The Morgan fingerprint density at radius 3 is 2.70 bits per heavy atom. The minimum Gasteiger partial charge on any atom is -0.384 e. The van der Waals surface area contributed by atoms with E-state index in [1.54, 1.807) is 18.2 Å². The Balaban J connectivity index is 0.000000178. The van der Waals surface area contributed by atoms with Crippen molar-refractivity contribution in [2.45, 2.75) is 57.5 Å². The summed E-state index contributed by atoms with van der Waals surface area (Å²) in [4.78, 5) is 24.6. The molecule has 7 heteroatoms. The summed E-state index contributed by atoms with van der Waals surface area (Å²) in [6.07, 6.45) is 9.66. The number of nitrogens with zero attached hydrogens (tertiary/aromatic N) is 1. The van der Waals surface area contributed by atoms with E-state index in [0.29, 0.717) is 30.3 Å². The Bertz CT molecular complexity index is 730. The molecule has 2 heterocycles. The number of amidine groups is 1. The zero-order valence-corrected chi connectivity index (χ0v) is 17.7. The number of carbonyl (C=O) groups is 2. The average Bonchev–Trinajstić information content (AvgIpc) is 3.32. The van der Waals surface area contributed by atoms with Crippen LogP contribution < -0.4 is 16.4 Å². The van der Waals surface area contributed by atoms with E-state index in [9.17, 15) is 9.59 Å². The largest absolute Gasteiger partial charge is 0.384 e. The van der Waals surface area contributed by atoms with E-state index in [0.717, 1.165) is 31.1 Å². The maximum Gasteiger partial charge on any atom is 0.240 e. The molecule has 1 aromatic carbocycles. The third-order valence-electron chi connectivity index (χ3n) is 6.59. The minimum absolute atomic E-state index is 0.0351. The average molecular weight is 414 g/mol. The highest BCUT2D eigenvalue weighted by molar-refractivity contribution is 5.95. The molecule has 5 N–H and O–H groups in total. The van der Waals surface area contributed by atoms with Crippen molar-refractivity contribution in [2.75, 3.05) is 19.6 Å². The van der Waals surface area contributed by atoms with Crippen LogP contribution in [0.5, 0.6) is 0 Å². The molecule has 0 radical (unpaired) electrons. The number of nitrogen functional groups attached to an aromatic ring is 1. The number of carbonyl (C=O) groups excluding carboxylic acids is 2. The van der Waals surface area contributed by atoms with Crippen LogP contribution in [0, 0.1) is 17.2 Å². The number of benzene rings is 1. The van der Waals surface area contributed by atoms with Gasteiger partial charge in [0.2, 0.25) is 12.3 Å². The summed E-state index contributed by atoms with van der Waals surface area (Å²) in [6, 6.07) is 7.35.